The van der Waals surface area contributed by atoms with Crippen LogP contribution in [0.2, 0.25) is 0 Å². The lowest BCUT2D eigenvalue weighted by atomic mass is 10.00. The van der Waals surface area contributed by atoms with Gasteiger partial charge in [0.25, 0.3) is 0 Å². The summed E-state index contributed by atoms with van der Waals surface area (Å²) in [4.78, 5) is 0. The predicted octanol–water partition coefficient (Wildman–Crippen LogP) is 4.76. The van der Waals surface area contributed by atoms with E-state index in [4.69, 9.17) is 0 Å². The molecule has 0 saturated heterocycles. The van der Waals surface area contributed by atoms with Crippen LogP contribution >= 0.6 is 0 Å². The molecule has 0 aliphatic carbocycles. The van der Waals surface area contributed by atoms with Gasteiger partial charge in [-0.1, -0.05) is 56.5 Å². The Morgan fingerprint density at radius 1 is 1.15 bits per heavy atom. The summed E-state index contributed by atoms with van der Waals surface area (Å²) in [6, 6.07) is 11.1. The quantitative estimate of drug-likeness (QED) is 0.713. The average Bonchev–Trinajstić information content (AvgIpc) is 2.79. The minimum Gasteiger partial charge on any atom is -0.375 e. The molecule has 1 unspecified atom stereocenters. The number of unbranched alkanes of at least 4 members (excludes halogenated alkanes) is 2. The number of nitrogens with one attached hydrogen (secondary N) is 2. The third-order valence-electron chi connectivity index (χ3n) is 3.74. The molecule has 20 heavy (non-hydrogen) atoms. The molecule has 3 heteroatoms. The van der Waals surface area contributed by atoms with Gasteiger partial charge in [0.2, 0.25) is 0 Å². The first-order valence-electron chi connectivity index (χ1n) is 7.55. The number of hydrogen-bond donors (Lipinski definition) is 2. The largest absolute Gasteiger partial charge is 0.375 e. The summed E-state index contributed by atoms with van der Waals surface area (Å²) in [5, 5.41) is 11.0. The molecule has 0 saturated carbocycles. The Morgan fingerprint density at radius 2 is 1.90 bits per heavy atom. The first-order chi connectivity index (χ1) is 9.72. The standard InChI is InChI=1S/C17H25N3/c1-4-5-7-12-16(15-10-8-6-9-11-15)18-17-13(2)19-20-14(17)3/h6,8-11,16,18H,4-5,7,12H2,1-3H3,(H,19,20). The maximum atomic E-state index is 4.27. The van der Waals surface area contributed by atoms with Gasteiger partial charge >= 0.3 is 0 Å². The lowest BCUT2D eigenvalue weighted by Gasteiger charge is -2.20. The average molecular weight is 271 g/mol. The lowest BCUT2D eigenvalue weighted by Crippen LogP contribution is -2.12. The zero-order valence-corrected chi connectivity index (χ0v) is 12.7. The maximum absolute atomic E-state index is 4.27. The van der Waals surface area contributed by atoms with Crippen LogP contribution < -0.4 is 5.32 Å². The lowest BCUT2D eigenvalue weighted by molar-refractivity contribution is 0.606. The van der Waals surface area contributed by atoms with Crippen LogP contribution in [0.15, 0.2) is 30.3 Å². The molecule has 0 spiro atoms. The van der Waals surface area contributed by atoms with E-state index < -0.39 is 0 Å². The Morgan fingerprint density at radius 3 is 2.50 bits per heavy atom. The Bertz CT molecular complexity index is 497. The maximum Gasteiger partial charge on any atom is 0.0825 e. The van der Waals surface area contributed by atoms with Crippen molar-refractivity contribution < 1.29 is 0 Å². The highest BCUT2D eigenvalue weighted by Gasteiger charge is 2.14. The second-order valence-corrected chi connectivity index (χ2v) is 5.41. The van der Waals surface area contributed by atoms with Gasteiger partial charge in [0.05, 0.1) is 23.1 Å². The van der Waals surface area contributed by atoms with Gasteiger partial charge in [-0.25, -0.2) is 0 Å². The summed E-state index contributed by atoms with van der Waals surface area (Å²) in [6.45, 7) is 6.35. The van der Waals surface area contributed by atoms with E-state index in [-0.39, 0.29) is 0 Å². The number of rotatable bonds is 7. The van der Waals surface area contributed by atoms with Crippen LogP contribution in [-0.4, -0.2) is 10.2 Å². The van der Waals surface area contributed by atoms with Crippen LogP contribution in [0.3, 0.4) is 0 Å². The van der Waals surface area contributed by atoms with Crippen molar-refractivity contribution in [3.05, 3.63) is 47.3 Å². The number of nitrogens with zero attached hydrogens (tertiary/aromatic N) is 1. The first-order valence-corrected chi connectivity index (χ1v) is 7.55. The fourth-order valence-electron chi connectivity index (χ4n) is 2.54. The van der Waals surface area contributed by atoms with Crippen molar-refractivity contribution in [1.82, 2.24) is 10.2 Å². The number of aromatic nitrogens is 2. The minimum atomic E-state index is 0.359. The van der Waals surface area contributed by atoms with Crippen LogP contribution in [-0.2, 0) is 0 Å². The smallest absolute Gasteiger partial charge is 0.0825 e. The molecule has 0 aliphatic rings. The number of aryl methyl sites for hydroxylation is 2. The van der Waals surface area contributed by atoms with E-state index in [2.05, 4.69) is 59.7 Å². The van der Waals surface area contributed by atoms with Gasteiger partial charge in [0, 0.05) is 0 Å². The van der Waals surface area contributed by atoms with E-state index in [0.29, 0.717) is 6.04 Å². The number of hydrogen-bond acceptors (Lipinski definition) is 2. The predicted molar refractivity (Wildman–Crippen MR) is 85.0 cm³/mol. The second-order valence-electron chi connectivity index (χ2n) is 5.41. The van der Waals surface area contributed by atoms with Crippen molar-refractivity contribution in [3.8, 4) is 0 Å². The molecule has 0 radical (unpaired) electrons. The first kappa shape index (κ1) is 14.6. The molecule has 2 rings (SSSR count). The summed E-state index contributed by atoms with van der Waals surface area (Å²) in [7, 11) is 0. The fraction of sp³-hybridized carbons (Fsp3) is 0.471. The molecule has 2 N–H and O–H groups in total. The van der Waals surface area contributed by atoms with Gasteiger partial charge in [0.15, 0.2) is 0 Å². The summed E-state index contributed by atoms with van der Waals surface area (Å²) in [6.07, 6.45) is 4.95. The van der Waals surface area contributed by atoms with Crippen LogP contribution in [0.5, 0.6) is 0 Å². The summed E-state index contributed by atoms with van der Waals surface area (Å²) in [5.74, 6) is 0. The molecule has 0 fully saturated rings. The van der Waals surface area contributed by atoms with Gasteiger partial charge in [0.1, 0.15) is 0 Å². The van der Waals surface area contributed by atoms with Gasteiger partial charge in [-0.3, -0.25) is 5.10 Å². The number of H-pyrrole nitrogens is 1. The van der Waals surface area contributed by atoms with E-state index >= 15 is 0 Å². The normalized spacial score (nSPS) is 12.3. The van der Waals surface area contributed by atoms with Gasteiger partial charge in [-0.2, -0.15) is 5.10 Å². The molecule has 108 valence electrons. The number of benzene rings is 1. The Kier molecular flexibility index (Phi) is 5.22. The van der Waals surface area contributed by atoms with Gasteiger partial charge in [-0.05, 0) is 25.8 Å². The summed E-state index contributed by atoms with van der Waals surface area (Å²) >= 11 is 0. The van der Waals surface area contributed by atoms with Crippen LogP contribution in [0, 0.1) is 13.8 Å². The van der Waals surface area contributed by atoms with E-state index in [1.165, 1.54) is 24.8 Å². The minimum absolute atomic E-state index is 0.359. The van der Waals surface area contributed by atoms with Crippen LogP contribution in [0.1, 0.15) is 55.6 Å². The molecule has 1 aromatic heterocycles. The van der Waals surface area contributed by atoms with Crippen molar-refractivity contribution in [3.63, 3.8) is 0 Å². The SMILES string of the molecule is CCCCCC(Nc1c(C)n[nH]c1C)c1ccccc1. The van der Waals surface area contributed by atoms with Gasteiger partial charge < -0.3 is 5.32 Å². The molecule has 2 aromatic rings. The van der Waals surface area contributed by atoms with Crippen molar-refractivity contribution in [2.45, 2.75) is 52.5 Å². The highest BCUT2D eigenvalue weighted by molar-refractivity contribution is 5.53. The molecule has 0 bridgehead atoms. The zero-order valence-electron chi connectivity index (χ0n) is 12.7. The molecule has 1 heterocycles. The van der Waals surface area contributed by atoms with E-state index in [0.717, 1.165) is 23.5 Å². The van der Waals surface area contributed by atoms with Crippen LogP contribution in [0.4, 0.5) is 5.69 Å². The fourth-order valence-corrected chi connectivity index (χ4v) is 2.54. The molecule has 3 nitrogen and oxygen atoms in total. The highest BCUT2D eigenvalue weighted by atomic mass is 15.2. The summed E-state index contributed by atoms with van der Waals surface area (Å²) in [5.41, 5.74) is 4.65. The number of aromatic amines is 1. The summed E-state index contributed by atoms with van der Waals surface area (Å²) < 4.78 is 0. The molecule has 1 aromatic carbocycles. The molecule has 0 aliphatic heterocycles. The monoisotopic (exact) mass is 271 g/mol. The van der Waals surface area contributed by atoms with E-state index in [1.807, 2.05) is 6.92 Å². The molecular formula is C17H25N3. The Labute approximate surface area is 121 Å². The third kappa shape index (κ3) is 3.62. The molecule has 1 atom stereocenters. The number of anilines is 1. The van der Waals surface area contributed by atoms with Crippen molar-refractivity contribution in [1.29, 1.82) is 0 Å². The van der Waals surface area contributed by atoms with E-state index in [1.54, 1.807) is 0 Å². The third-order valence-corrected chi connectivity index (χ3v) is 3.74. The van der Waals surface area contributed by atoms with Crippen molar-refractivity contribution in [2.24, 2.45) is 0 Å². The second kappa shape index (κ2) is 7.13. The molecule has 0 amide bonds. The Hall–Kier alpha value is -1.77. The van der Waals surface area contributed by atoms with Gasteiger partial charge in [-0.15, -0.1) is 0 Å². The van der Waals surface area contributed by atoms with Crippen molar-refractivity contribution >= 4 is 5.69 Å². The van der Waals surface area contributed by atoms with E-state index in [9.17, 15) is 0 Å². The molecular weight excluding hydrogens is 246 g/mol. The van der Waals surface area contributed by atoms with Crippen molar-refractivity contribution in [2.75, 3.05) is 5.32 Å². The topological polar surface area (TPSA) is 40.7 Å². The zero-order chi connectivity index (χ0) is 14.4. The van der Waals surface area contributed by atoms with Crippen LogP contribution in [0.25, 0.3) is 0 Å². The highest BCUT2D eigenvalue weighted by Crippen LogP contribution is 2.27. The Balaban J connectivity index is 2.14.